The second-order valence-corrected chi connectivity index (χ2v) is 8.08. The van der Waals surface area contributed by atoms with Gasteiger partial charge in [-0.1, -0.05) is 109 Å². The Labute approximate surface area is 173 Å². The van der Waals surface area contributed by atoms with Crippen molar-refractivity contribution < 1.29 is 5.48 Å². The number of hydrogen-bond donors (Lipinski definition) is 1. The van der Waals surface area contributed by atoms with Crippen molar-refractivity contribution >= 4 is 10.8 Å². The molecule has 2 heteroatoms. The first kappa shape index (κ1) is 24.7. The molecule has 2 rings (SSSR count). The van der Waals surface area contributed by atoms with E-state index in [-0.39, 0.29) is 11.5 Å². The first-order chi connectivity index (χ1) is 13.2. The molecule has 1 atom stereocenters. The molecule has 158 valence electrons. The summed E-state index contributed by atoms with van der Waals surface area (Å²) in [6.07, 6.45) is 15.6. The number of fused-ring (bicyclic) bond motifs is 1. The maximum atomic E-state index is 6.76. The summed E-state index contributed by atoms with van der Waals surface area (Å²) in [6.45, 7) is 6.82. The molecule has 0 aliphatic carbocycles. The molecule has 0 amide bonds. The van der Waals surface area contributed by atoms with Crippen LogP contribution in [0.5, 0.6) is 0 Å². The van der Waals surface area contributed by atoms with Crippen LogP contribution in [0.1, 0.15) is 108 Å². The highest BCUT2D eigenvalue weighted by Gasteiger charge is 2.16. The lowest BCUT2D eigenvalue weighted by Gasteiger charge is -2.22. The third-order valence-corrected chi connectivity index (χ3v) is 6.02. The standard InChI is InChI=1S/C26H41N.H2O/c1-4-7-8-9-10-11-12-13-14-19-25(27)26-23(6-3)21(5-2)20-22-17-15-16-18-24(22)26;/h15-18,20,25H,4-14,19,27H2,1-3H3;1H2. The van der Waals surface area contributed by atoms with Crippen molar-refractivity contribution in [2.75, 3.05) is 0 Å². The van der Waals surface area contributed by atoms with Gasteiger partial charge in [0.25, 0.3) is 0 Å². The molecular weight excluding hydrogens is 342 g/mol. The predicted octanol–water partition coefficient (Wildman–Crippen LogP) is 7.06. The van der Waals surface area contributed by atoms with Gasteiger partial charge in [0.05, 0.1) is 0 Å². The quantitative estimate of drug-likeness (QED) is 0.369. The van der Waals surface area contributed by atoms with Crippen LogP contribution in [-0.2, 0) is 12.8 Å². The van der Waals surface area contributed by atoms with Crippen LogP contribution in [0.3, 0.4) is 0 Å². The van der Waals surface area contributed by atoms with E-state index in [0.29, 0.717) is 0 Å². The minimum Gasteiger partial charge on any atom is -0.412 e. The number of nitrogens with two attached hydrogens (primary N) is 1. The smallest absolute Gasteiger partial charge is 0.0303 e. The lowest BCUT2D eigenvalue weighted by molar-refractivity contribution is 0.532. The molecule has 0 fully saturated rings. The van der Waals surface area contributed by atoms with Crippen molar-refractivity contribution in [2.24, 2.45) is 5.73 Å². The highest BCUT2D eigenvalue weighted by Crippen LogP contribution is 2.33. The second kappa shape index (κ2) is 13.7. The average molecular weight is 386 g/mol. The highest BCUT2D eigenvalue weighted by atomic mass is 16.0. The van der Waals surface area contributed by atoms with Gasteiger partial charge in [-0.25, -0.2) is 0 Å². The third kappa shape index (κ3) is 6.90. The fourth-order valence-electron chi connectivity index (χ4n) is 4.45. The lowest BCUT2D eigenvalue weighted by atomic mass is 9.86. The van der Waals surface area contributed by atoms with Crippen LogP contribution < -0.4 is 5.73 Å². The molecule has 0 aliphatic heterocycles. The van der Waals surface area contributed by atoms with E-state index >= 15 is 0 Å². The molecule has 4 N–H and O–H groups in total. The fraction of sp³-hybridized carbons (Fsp3) is 0.615. The molecule has 0 bridgehead atoms. The second-order valence-electron chi connectivity index (χ2n) is 8.08. The molecule has 0 saturated heterocycles. The van der Waals surface area contributed by atoms with Gasteiger partial charge in [-0.3, -0.25) is 0 Å². The molecule has 0 heterocycles. The molecule has 0 aliphatic rings. The topological polar surface area (TPSA) is 57.5 Å². The van der Waals surface area contributed by atoms with E-state index in [4.69, 9.17) is 5.73 Å². The molecular formula is C26H43NO. The van der Waals surface area contributed by atoms with Gasteiger partial charge in [-0.05, 0) is 46.7 Å². The zero-order valence-electron chi connectivity index (χ0n) is 18.5. The summed E-state index contributed by atoms with van der Waals surface area (Å²) >= 11 is 0. The Hall–Kier alpha value is -1.38. The van der Waals surface area contributed by atoms with Gasteiger partial charge in [-0.2, -0.15) is 0 Å². The van der Waals surface area contributed by atoms with Gasteiger partial charge in [0.1, 0.15) is 0 Å². The molecule has 28 heavy (non-hydrogen) atoms. The maximum Gasteiger partial charge on any atom is 0.0303 e. The number of aryl methyl sites for hydroxylation is 1. The Balaban J connectivity index is 0.00000392. The zero-order valence-corrected chi connectivity index (χ0v) is 18.5. The van der Waals surface area contributed by atoms with E-state index in [1.807, 2.05) is 0 Å². The van der Waals surface area contributed by atoms with Crippen LogP contribution in [0.2, 0.25) is 0 Å². The average Bonchev–Trinajstić information content (AvgIpc) is 2.70. The van der Waals surface area contributed by atoms with Crippen LogP contribution in [0.25, 0.3) is 10.8 Å². The van der Waals surface area contributed by atoms with E-state index < -0.39 is 0 Å². The van der Waals surface area contributed by atoms with Crippen molar-refractivity contribution in [3.8, 4) is 0 Å². The summed E-state index contributed by atoms with van der Waals surface area (Å²) in [6, 6.07) is 11.3. The first-order valence-corrected chi connectivity index (χ1v) is 11.5. The summed E-state index contributed by atoms with van der Waals surface area (Å²) in [4.78, 5) is 0. The molecule has 0 spiro atoms. The maximum absolute atomic E-state index is 6.76. The number of unbranched alkanes of at least 4 members (excludes halogenated alkanes) is 8. The van der Waals surface area contributed by atoms with E-state index in [0.717, 1.165) is 19.3 Å². The molecule has 0 radical (unpaired) electrons. The minimum atomic E-state index is 0. The van der Waals surface area contributed by atoms with Gasteiger partial charge in [-0.15, -0.1) is 0 Å². The van der Waals surface area contributed by atoms with Crippen molar-refractivity contribution in [3.63, 3.8) is 0 Å². The van der Waals surface area contributed by atoms with E-state index in [2.05, 4.69) is 51.1 Å². The summed E-state index contributed by atoms with van der Waals surface area (Å²) in [5, 5.41) is 2.72. The van der Waals surface area contributed by atoms with E-state index in [1.54, 1.807) is 0 Å². The zero-order chi connectivity index (χ0) is 19.5. The third-order valence-electron chi connectivity index (χ3n) is 6.02. The Morgan fingerprint density at radius 1 is 0.786 bits per heavy atom. The van der Waals surface area contributed by atoms with Crippen LogP contribution >= 0.6 is 0 Å². The summed E-state index contributed by atoms with van der Waals surface area (Å²) in [5.74, 6) is 0. The highest BCUT2D eigenvalue weighted by molar-refractivity contribution is 5.88. The Morgan fingerprint density at radius 3 is 2.00 bits per heavy atom. The Kier molecular flexibility index (Phi) is 12.1. The fourth-order valence-corrected chi connectivity index (χ4v) is 4.45. The molecule has 0 aromatic heterocycles. The predicted molar refractivity (Wildman–Crippen MR) is 125 cm³/mol. The first-order valence-electron chi connectivity index (χ1n) is 11.5. The van der Waals surface area contributed by atoms with Crippen LogP contribution in [0.4, 0.5) is 0 Å². The van der Waals surface area contributed by atoms with Crippen molar-refractivity contribution in [1.82, 2.24) is 0 Å². The minimum absolute atomic E-state index is 0. The SMILES string of the molecule is CCCCCCCCCCCC(N)c1c(CC)c(CC)cc2ccccc12.O. The molecule has 1 unspecified atom stereocenters. The van der Waals surface area contributed by atoms with Crippen LogP contribution in [0, 0.1) is 0 Å². The normalized spacial score (nSPS) is 12.1. The summed E-state index contributed by atoms with van der Waals surface area (Å²) in [5.41, 5.74) is 11.2. The Morgan fingerprint density at radius 2 is 1.39 bits per heavy atom. The van der Waals surface area contributed by atoms with Gasteiger partial charge in [0.15, 0.2) is 0 Å². The van der Waals surface area contributed by atoms with Crippen LogP contribution in [-0.4, -0.2) is 5.48 Å². The van der Waals surface area contributed by atoms with E-state index in [1.165, 1.54) is 85.3 Å². The molecule has 0 saturated carbocycles. The number of benzene rings is 2. The van der Waals surface area contributed by atoms with Gasteiger partial charge in [0, 0.05) is 6.04 Å². The van der Waals surface area contributed by atoms with Gasteiger partial charge >= 0.3 is 0 Å². The lowest BCUT2D eigenvalue weighted by Crippen LogP contribution is -2.14. The van der Waals surface area contributed by atoms with Gasteiger partial charge in [0.2, 0.25) is 0 Å². The number of hydrogen-bond acceptors (Lipinski definition) is 1. The number of rotatable bonds is 13. The van der Waals surface area contributed by atoms with E-state index in [9.17, 15) is 0 Å². The van der Waals surface area contributed by atoms with Crippen molar-refractivity contribution in [1.29, 1.82) is 0 Å². The Bertz CT molecular complexity index is 679. The van der Waals surface area contributed by atoms with Crippen molar-refractivity contribution in [3.05, 3.63) is 47.0 Å². The van der Waals surface area contributed by atoms with Crippen LogP contribution in [0.15, 0.2) is 30.3 Å². The van der Waals surface area contributed by atoms with Crippen molar-refractivity contribution in [2.45, 2.75) is 104 Å². The summed E-state index contributed by atoms with van der Waals surface area (Å²) in [7, 11) is 0. The molecule has 2 aromatic carbocycles. The largest absolute Gasteiger partial charge is 0.412 e. The van der Waals surface area contributed by atoms with Gasteiger partial charge < -0.3 is 11.2 Å². The monoisotopic (exact) mass is 385 g/mol. The molecule has 2 aromatic rings. The molecule has 2 nitrogen and oxygen atoms in total. The summed E-state index contributed by atoms with van der Waals surface area (Å²) < 4.78 is 0.